The molecule has 0 aromatic heterocycles. The van der Waals surface area contributed by atoms with E-state index in [0.717, 1.165) is 12.0 Å². The number of hydrogen-bond donors (Lipinski definition) is 3. The highest BCUT2D eigenvalue weighted by atomic mass is 16.6. The van der Waals surface area contributed by atoms with E-state index < -0.39 is 17.1 Å². The van der Waals surface area contributed by atoms with Gasteiger partial charge in [-0.25, -0.2) is 10.4 Å². The van der Waals surface area contributed by atoms with E-state index in [9.17, 15) is 9.59 Å². The van der Waals surface area contributed by atoms with Crippen LogP contribution in [0.2, 0.25) is 0 Å². The summed E-state index contributed by atoms with van der Waals surface area (Å²) in [5, 5.41) is 8.90. The third kappa shape index (κ3) is 8.87. The first-order valence-corrected chi connectivity index (χ1v) is 12.6. The summed E-state index contributed by atoms with van der Waals surface area (Å²) in [6.45, 7) is 6.43. The maximum atomic E-state index is 13.3. The number of aliphatic hydroxyl groups is 1. The summed E-state index contributed by atoms with van der Waals surface area (Å²) in [6.07, 6.45) is 1.45. The van der Waals surface area contributed by atoms with E-state index in [0.29, 0.717) is 36.8 Å². The molecule has 0 fully saturated rings. The van der Waals surface area contributed by atoms with Gasteiger partial charge in [0.2, 0.25) is 5.90 Å². The van der Waals surface area contributed by atoms with Crippen LogP contribution in [0.3, 0.4) is 0 Å². The number of rotatable bonds is 13. The van der Waals surface area contributed by atoms with Crippen molar-refractivity contribution in [1.82, 2.24) is 10.9 Å². The number of aliphatic hydroxyl groups excluding tert-OH is 1. The number of benzene rings is 2. The molecule has 0 aliphatic carbocycles. The van der Waals surface area contributed by atoms with Gasteiger partial charge >= 0.3 is 5.97 Å². The van der Waals surface area contributed by atoms with E-state index in [4.69, 9.17) is 19.3 Å². The van der Waals surface area contributed by atoms with E-state index in [1.807, 2.05) is 30.3 Å². The van der Waals surface area contributed by atoms with Gasteiger partial charge in [0, 0.05) is 31.6 Å². The minimum atomic E-state index is -1.28. The molecule has 0 unspecified atom stereocenters. The van der Waals surface area contributed by atoms with Gasteiger partial charge in [0.15, 0.2) is 5.54 Å². The van der Waals surface area contributed by atoms with Crippen LogP contribution < -0.4 is 15.6 Å². The highest BCUT2D eigenvalue weighted by Gasteiger charge is 2.44. The largest absolute Gasteiger partial charge is 0.494 e. The lowest BCUT2D eigenvalue weighted by molar-refractivity contribution is -0.155. The highest BCUT2D eigenvalue weighted by molar-refractivity contribution is 6.00. The highest BCUT2D eigenvalue weighted by Crippen LogP contribution is 2.28. The average Bonchev–Trinajstić information content (AvgIpc) is 3.31. The Hall–Kier alpha value is -3.43. The Kier molecular flexibility index (Phi) is 10.0. The van der Waals surface area contributed by atoms with E-state index in [1.54, 1.807) is 45.0 Å². The number of carbonyl (C=O) groups is 2. The fourth-order valence-corrected chi connectivity index (χ4v) is 3.71. The zero-order valence-corrected chi connectivity index (χ0v) is 21.8. The second-order valence-electron chi connectivity index (χ2n) is 9.89. The third-order valence-corrected chi connectivity index (χ3v) is 5.60. The molecule has 1 heterocycles. The molecule has 37 heavy (non-hydrogen) atoms. The minimum absolute atomic E-state index is 0.00603. The minimum Gasteiger partial charge on any atom is -0.494 e. The van der Waals surface area contributed by atoms with Crippen LogP contribution in [0.15, 0.2) is 59.6 Å². The summed E-state index contributed by atoms with van der Waals surface area (Å²) in [5.41, 5.74) is 5.67. The fraction of sp³-hybridized carbons (Fsp3) is 0.464. The maximum Gasteiger partial charge on any atom is 0.306 e. The average molecular weight is 512 g/mol. The molecular formula is C28H37N3O6. The molecule has 9 nitrogen and oxygen atoms in total. The van der Waals surface area contributed by atoms with Gasteiger partial charge in [0.1, 0.15) is 18.0 Å². The molecule has 1 amide bonds. The summed E-state index contributed by atoms with van der Waals surface area (Å²) < 4.78 is 16.9. The van der Waals surface area contributed by atoms with Crippen molar-refractivity contribution < 1.29 is 28.9 Å². The molecule has 1 aliphatic heterocycles. The zero-order valence-electron chi connectivity index (χ0n) is 21.8. The molecule has 200 valence electrons. The third-order valence-electron chi connectivity index (χ3n) is 5.60. The van der Waals surface area contributed by atoms with Gasteiger partial charge in [-0.1, -0.05) is 30.3 Å². The number of esters is 1. The molecule has 0 spiro atoms. The number of hydrogen-bond acceptors (Lipinski definition) is 8. The summed E-state index contributed by atoms with van der Waals surface area (Å²) >= 11 is 0. The number of nitrogens with zero attached hydrogens (tertiary/aromatic N) is 1. The number of aliphatic imine (C=N–C) groups is 1. The molecule has 1 atom stereocenters. The molecule has 3 rings (SSSR count). The Morgan fingerprint density at radius 1 is 1.11 bits per heavy atom. The lowest BCUT2D eigenvalue weighted by Gasteiger charge is -2.24. The molecule has 0 radical (unpaired) electrons. The summed E-state index contributed by atoms with van der Waals surface area (Å²) in [5.74, 6) is 0.214. The molecule has 9 heteroatoms. The molecule has 0 saturated carbocycles. The Morgan fingerprint density at radius 2 is 1.84 bits per heavy atom. The Balaban J connectivity index is 1.68. The molecule has 1 aliphatic rings. The van der Waals surface area contributed by atoms with Crippen molar-refractivity contribution in [3.8, 4) is 5.75 Å². The SMILES string of the molecule is CC(C)(C)OC(=O)CC[C@@]1(C(=O)NNCCc2ccccc2)COC(c2ccc(OCCCO)cc2)=N1. The molecular weight excluding hydrogens is 474 g/mol. The van der Waals surface area contributed by atoms with Crippen LogP contribution in [0, 0.1) is 0 Å². The van der Waals surface area contributed by atoms with Crippen molar-refractivity contribution in [1.29, 1.82) is 0 Å². The van der Waals surface area contributed by atoms with E-state index in [1.165, 1.54) is 0 Å². The van der Waals surface area contributed by atoms with Crippen LogP contribution >= 0.6 is 0 Å². The molecule has 2 aromatic carbocycles. The standard InChI is InChI=1S/C28H37N3O6/c1-27(2,3)37-24(33)14-16-28(26(34)31-29-17-15-21-8-5-4-6-9-21)20-36-25(30-28)22-10-12-23(13-11-22)35-19-7-18-32/h4-6,8-13,29,32H,7,14-20H2,1-3H3,(H,31,34)/t28-/m0/s1. The first kappa shape index (κ1) is 28.1. The van der Waals surface area contributed by atoms with Crippen LogP contribution in [0.5, 0.6) is 5.75 Å². The number of nitrogens with one attached hydrogen (secondary N) is 2. The molecule has 0 bridgehead atoms. The Bertz CT molecular complexity index is 1050. The van der Waals surface area contributed by atoms with Crippen LogP contribution in [0.1, 0.15) is 51.2 Å². The number of ether oxygens (including phenoxy) is 3. The van der Waals surface area contributed by atoms with Crippen molar-refractivity contribution in [2.45, 2.75) is 57.6 Å². The summed E-state index contributed by atoms with van der Waals surface area (Å²) in [6, 6.07) is 17.1. The number of carbonyl (C=O) groups excluding carboxylic acids is 2. The lowest BCUT2D eigenvalue weighted by Crippen LogP contribution is -2.52. The first-order chi connectivity index (χ1) is 17.7. The monoisotopic (exact) mass is 511 g/mol. The van der Waals surface area contributed by atoms with Gasteiger partial charge in [0.25, 0.3) is 5.91 Å². The van der Waals surface area contributed by atoms with Gasteiger partial charge in [-0.3, -0.25) is 15.0 Å². The van der Waals surface area contributed by atoms with E-state index in [2.05, 4.69) is 15.8 Å². The van der Waals surface area contributed by atoms with Crippen molar-refractivity contribution >= 4 is 17.8 Å². The summed E-state index contributed by atoms with van der Waals surface area (Å²) in [7, 11) is 0. The molecule has 0 saturated heterocycles. The van der Waals surface area contributed by atoms with E-state index >= 15 is 0 Å². The van der Waals surface area contributed by atoms with Gasteiger partial charge in [-0.15, -0.1) is 0 Å². The molecule has 2 aromatic rings. The van der Waals surface area contributed by atoms with Gasteiger partial charge in [-0.2, -0.15) is 0 Å². The van der Waals surface area contributed by atoms with Gasteiger partial charge in [0.05, 0.1) is 6.61 Å². The number of hydrazine groups is 1. The Labute approximate surface area is 218 Å². The number of amides is 1. The maximum absolute atomic E-state index is 13.3. The Morgan fingerprint density at radius 3 is 2.51 bits per heavy atom. The van der Waals surface area contributed by atoms with Crippen LogP contribution in [0.25, 0.3) is 0 Å². The smallest absolute Gasteiger partial charge is 0.306 e. The fourth-order valence-electron chi connectivity index (χ4n) is 3.71. The predicted molar refractivity (Wildman–Crippen MR) is 140 cm³/mol. The second-order valence-corrected chi connectivity index (χ2v) is 9.89. The van der Waals surface area contributed by atoms with Crippen molar-refractivity contribution in [3.05, 3.63) is 65.7 Å². The molecule has 3 N–H and O–H groups in total. The van der Waals surface area contributed by atoms with E-state index in [-0.39, 0.29) is 32.0 Å². The van der Waals surface area contributed by atoms with Crippen LogP contribution in [0.4, 0.5) is 0 Å². The normalized spacial score (nSPS) is 17.0. The first-order valence-electron chi connectivity index (χ1n) is 12.6. The van der Waals surface area contributed by atoms with Crippen LogP contribution in [-0.4, -0.2) is 60.4 Å². The summed E-state index contributed by atoms with van der Waals surface area (Å²) in [4.78, 5) is 30.4. The predicted octanol–water partition coefficient (Wildman–Crippen LogP) is 2.95. The van der Waals surface area contributed by atoms with Crippen molar-refractivity contribution in [2.75, 3.05) is 26.4 Å². The van der Waals surface area contributed by atoms with Crippen LogP contribution in [-0.2, 0) is 25.5 Å². The van der Waals surface area contributed by atoms with Gasteiger partial charge in [-0.05, 0) is 63.4 Å². The quantitative estimate of drug-likeness (QED) is 0.215. The van der Waals surface area contributed by atoms with Gasteiger partial charge < -0.3 is 19.3 Å². The van der Waals surface area contributed by atoms with Crippen molar-refractivity contribution in [3.63, 3.8) is 0 Å². The second kappa shape index (κ2) is 13.2. The van der Waals surface area contributed by atoms with Crippen molar-refractivity contribution in [2.24, 2.45) is 4.99 Å². The zero-order chi connectivity index (χ0) is 26.7. The topological polar surface area (TPSA) is 118 Å². The lowest BCUT2D eigenvalue weighted by atomic mass is 9.94.